The van der Waals surface area contributed by atoms with Gasteiger partial charge in [-0.05, 0) is 12.5 Å². The van der Waals surface area contributed by atoms with Gasteiger partial charge in [-0.1, -0.05) is 24.3 Å². The zero-order valence-corrected chi connectivity index (χ0v) is 9.97. The maximum atomic E-state index is 5.70. The molecule has 0 unspecified atom stereocenters. The Labute approximate surface area is 100 Å². The smallest absolute Gasteiger partial charge is 0.161 e. The van der Waals surface area contributed by atoms with Crippen LogP contribution < -0.4 is 5.73 Å². The van der Waals surface area contributed by atoms with Crippen LogP contribution in [0.4, 0.5) is 5.82 Å². The SMILES string of the molecule is COCc1ccc(-c2nc(C)cc(N)n2)cc1. The summed E-state index contributed by atoms with van der Waals surface area (Å²) < 4.78 is 5.06. The van der Waals surface area contributed by atoms with E-state index < -0.39 is 0 Å². The van der Waals surface area contributed by atoms with Crippen LogP contribution in [0.1, 0.15) is 11.3 Å². The zero-order valence-electron chi connectivity index (χ0n) is 9.97. The topological polar surface area (TPSA) is 61.0 Å². The molecule has 1 aromatic heterocycles. The minimum atomic E-state index is 0.494. The van der Waals surface area contributed by atoms with Crippen molar-refractivity contribution in [2.45, 2.75) is 13.5 Å². The number of rotatable bonds is 3. The molecule has 2 aromatic rings. The molecule has 0 aliphatic carbocycles. The van der Waals surface area contributed by atoms with Crippen LogP contribution >= 0.6 is 0 Å². The lowest BCUT2D eigenvalue weighted by Gasteiger charge is -2.04. The second-order valence-electron chi connectivity index (χ2n) is 3.89. The summed E-state index contributed by atoms with van der Waals surface area (Å²) in [5.74, 6) is 1.15. The van der Waals surface area contributed by atoms with Gasteiger partial charge in [0.2, 0.25) is 0 Å². The first-order valence-electron chi connectivity index (χ1n) is 5.38. The van der Waals surface area contributed by atoms with Gasteiger partial charge >= 0.3 is 0 Å². The molecule has 4 heteroatoms. The van der Waals surface area contributed by atoms with Crippen molar-refractivity contribution in [1.29, 1.82) is 0 Å². The number of benzene rings is 1. The molecule has 0 atom stereocenters. The monoisotopic (exact) mass is 229 g/mol. The van der Waals surface area contributed by atoms with Gasteiger partial charge in [-0.15, -0.1) is 0 Å². The molecule has 2 rings (SSSR count). The van der Waals surface area contributed by atoms with Crippen LogP contribution in [0.3, 0.4) is 0 Å². The average Bonchev–Trinajstić information content (AvgIpc) is 2.29. The molecule has 0 fully saturated rings. The first-order valence-corrected chi connectivity index (χ1v) is 5.38. The lowest BCUT2D eigenvalue weighted by atomic mass is 10.1. The highest BCUT2D eigenvalue weighted by atomic mass is 16.5. The summed E-state index contributed by atoms with van der Waals surface area (Å²) in [6.07, 6.45) is 0. The van der Waals surface area contributed by atoms with Crippen molar-refractivity contribution in [3.63, 3.8) is 0 Å². The lowest BCUT2D eigenvalue weighted by molar-refractivity contribution is 0.185. The first kappa shape index (κ1) is 11.5. The van der Waals surface area contributed by atoms with Crippen LogP contribution in [0.2, 0.25) is 0 Å². The van der Waals surface area contributed by atoms with Crippen molar-refractivity contribution in [3.8, 4) is 11.4 Å². The Hall–Kier alpha value is -1.94. The quantitative estimate of drug-likeness (QED) is 0.876. The van der Waals surface area contributed by atoms with Crippen LogP contribution in [0.5, 0.6) is 0 Å². The summed E-state index contributed by atoms with van der Waals surface area (Å²) in [7, 11) is 1.68. The Balaban J connectivity index is 2.32. The average molecular weight is 229 g/mol. The second kappa shape index (κ2) is 4.93. The van der Waals surface area contributed by atoms with E-state index in [4.69, 9.17) is 10.5 Å². The van der Waals surface area contributed by atoms with Crippen molar-refractivity contribution in [3.05, 3.63) is 41.6 Å². The summed E-state index contributed by atoms with van der Waals surface area (Å²) in [4.78, 5) is 8.57. The van der Waals surface area contributed by atoms with Gasteiger partial charge in [0.05, 0.1) is 6.61 Å². The highest BCUT2D eigenvalue weighted by molar-refractivity contribution is 5.57. The maximum Gasteiger partial charge on any atom is 0.161 e. The highest BCUT2D eigenvalue weighted by Crippen LogP contribution is 2.17. The Kier molecular flexibility index (Phi) is 3.35. The fraction of sp³-hybridized carbons (Fsp3) is 0.231. The van der Waals surface area contributed by atoms with Crippen molar-refractivity contribution in [2.75, 3.05) is 12.8 Å². The van der Waals surface area contributed by atoms with Gasteiger partial charge in [-0.3, -0.25) is 0 Å². The number of aromatic nitrogens is 2. The molecule has 0 bridgehead atoms. The minimum absolute atomic E-state index is 0.494. The molecular formula is C13H15N3O. The molecule has 0 aliphatic heterocycles. The predicted molar refractivity (Wildman–Crippen MR) is 67.3 cm³/mol. The minimum Gasteiger partial charge on any atom is -0.384 e. The maximum absolute atomic E-state index is 5.70. The van der Waals surface area contributed by atoms with Crippen molar-refractivity contribution in [1.82, 2.24) is 9.97 Å². The Morgan fingerprint density at radius 1 is 1.18 bits per heavy atom. The van der Waals surface area contributed by atoms with Crippen LogP contribution in [-0.4, -0.2) is 17.1 Å². The van der Waals surface area contributed by atoms with E-state index in [1.807, 2.05) is 31.2 Å². The van der Waals surface area contributed by atoms with Gasteiger partial charge in [0.1, 0.15) is 5.82 Å². The van der Waals surface area contributed by atoms with Gasteiger partial charge in [0.15, 0.2) is 5.82 Å². The summed E-state index contributed by atoms with van der Waals surface area (Å²) in [5.41, 5.74) is 8.65. The normalized spacial score (nSPS) is 10.5. The molecule has 2 N–H and O–H groups in total. The van der Waals surface area contributed by atoms with Crippen LogP contribution in [0, 0.1) is 6.92 Å². The number of hydrogen-bond acceptors (Lipinski definition) is 4. The Morgan fingerprint density at radius 2 is 1.88 bits per heavy atom. The number of methoxy groups -OCH3 is 1. The van der Waals surface area contributed by atoms with Gasteiger partial charge in [0.25, 0.3) is 0 Å². The van der Waals surface area contributed by atoms with E-state index >= 15 is 0 Å². The number of aryl methyl sites for hydroxylation is 1. The number of nitrogen functional groups attached to an aromatic ring is 1. The molecule has 4 nitrogen and oxygen atoms in total. The molecule has 88 valence electrons. The van der Waals surface area contributed by atoms with E-state index in [9.17, 15) is 0 Å². The molecule has 0 saturated heterocycles. The first-order chi connectivity index (χ1) is 8.19. The van der Waals surface area contributed by atoms with Gasteiger partial charge < -0.3 is 10.5 Å². The molecule has 0 spiro atoms. The van der Waals surface area contributed by atoms with Crippen LogP contribution in [-0.2, 0) is 11.3 Å². The summed E-state index contributed by atoms with van der Waals surface area (Å²) >= 11 is 0. The lowest BCUT2D eigenvalue weighted by Crippen LogP contribution is -1.97. The number of nitrogens with two attached hydrogens (primary N) is 1. The Bertz CT molecular complexity index is 488. The van der Waals surface area contributed by atoms with E-state index in [-0.39, 0.29) is 0 Å². The largest absolute Gasteiger partial charge is 0.384 e. The molecule has 17 heavy (non-hydrogen) atoms. The number of nitrogens with zero attached hydrogens (tertiary/aromatic N) is 2. The Morgan fingerprint density at radius 3 is 2.47 bits per heavy atom. The summed E-state index contributed by atoms with van der Waals surface area (Å²) in [6, 6.07) is 9.70. The number of hydrogen-bond donors (Lipinski definition) is 1. The van der Waals surface area contributed by atoms with Crippen LogP contribution in [0.25, 0.3) is 11.4 Å². The highest BCUT2D eigenvalue weighted by Gasteiger charge is 2.03. The third-order valence-corrected chi connectivity index (χ3v) is 2.40. The van der Waals surface area contributed by atoms with E-state index in [2.05, 4.69) is 9.97 Å². The number of anilines is 1. The van der Waals surface area contributed by atoms with E-state index in [1.54, 1.807) is 13.2 Å². The molecule has 1 aromatic carbocycles. The third-order valence-electron chi connectivity index (χ3n) is 2.40. The van der Waals surface area contributed by atoms with E-state index in [0.29, 0.717) is 18.2 Å². The fourth-order valence-electron chi connectivity index (χ4n) is 1.64. The fourth-order valence-corrected chi connectivity index (χ4v) is 1.64. The van der Waals surface area contributed by atoms with E-state index in [1.165, 1.54) is 0 Å². The molecule has 0 radical (unpaired) electrons. The second-order valence-corrected chi connectivity index (χ2v) is 3.89. The molecular weight excluding hydrogens is 214 g/mol. The molecule has 0 aliphatic rings. The number of ether oxygens (including phenoxy) is 1. The van der Waals surface area contributed by atoms with Crippen LogP contribution in [0.15, 0.2) is 30.3 Å². The van der Waals surface area contributed by atoms with E-state index in [0.717, 1.165) is 16.8 Å². The molecule has 1 heterocycles. The third kappa shape index (κ3) is 2.79. The van der Waals surface area contributed by atoms with Gasteiger partial charge in [-0.2, -0.15) is 0 Å². The van der Waals surface area contributed by atoms with Crippen molar-refractivity contribution in [2.24, 2.45) is 0 Å². The van der Waals surface area contributed by atoms with Gasteiger partial charge in [-0.25, -0.2) is 9.97 Å². The molecule has 0 amide bonds. The molecule has 0 saturated carbocycles. The summed E-state index contributed by atoms with van der Waals surface area (Å²) in [5, 5.41) is 0. The standard InChI is InChI=1S/C13H15N3O/c1-9-7-12(14)16-13(15-9)11-5-3-10(4-6-11)8-17-2/h3-7H,8H2,1-2H3,(H2,14,15,16). The summed E-state index contributed by atoms with van der Waals surface area (Å²) in [6.45, 7) is 2.51. The van der Waals surface area contributed by atoms with Gasteiger partial charge in [0, 0.05) is 24.4 Å². The van der Waals surface area contributed by atoms with Crippen molar-refractivity contribution >= 4 is 5.82 Å². The zero-order chi connectivity index (χ0) is 12.3. The van der Waals surface area contributed by atoms with Crippen molar-refractivity contribution < 1.29 is 4.74 Å². The predicted octanol–water partition coefficient (Wildman–Crippen LogP) is 2.18.